The van der Waals surface area contributed by atoms with E-state index in [0.29, 0.717) is 12.3 Å². The molecule has 5 nitrogen and oxygen atoms in total. The first-order valence-electron chi connectivity index (χ1n) is 6.42. The van der Waals surface area contributed by atoms with E-state index in [1.807, 2.05) is 6.07 Å². The van der Waals surface area contributed by atoms with Gasteiger partial charge in [0.2, 0.25) is 5.91 Å². The van der Waals surface area contributed by atoms with E-state index in [0.717, 1.165) is 11.3 Å². The molecule has 1 amide bonds. The number of carboxylic acids is 1. The lowest BCUT2D eigenvalue weighted by molar-refractivity contribution is -0.128. The molecule has 1 atom stereocenters. The van der Waals surface area contributed by atoms with Gasteiger partial charge in [0.25, 0.3) is 0 Å². The number of nitrogens with zero attached hydrogens (tertiary/aromatic N) is 1. The number of carbonyl (C=O) groups excluding carboxylic acids is 1. The van der Waals surface area contributed by atoms with Gasteiger partial charge in [-0.3, -0.25) is 4.79 Å². The third-order valence-corrected chi connectivity index (χ3v) is 4.57. The van der Waals surface area contributed by atoms with Crippen LogP contribution in [0.1, 0.15) is 27.1 Å². The van der Waals surface area contributed by atoms with Crippen molar-refractivity contribution in [2.45, 2.75) is 11.9 Å². The van der Waals surface area contributed by atoms with Crippen LogP contribution in [-0.4, -0.2) is 27.6 Å². The van der Waals surface area contributed by atoms with Crippen LogP contribution in [-0.2, 0) is 11.3 Å². The smallest absolute Gasteiger partial charge is 0.335 e. The Kier molecular flexibility index (Phi) is 3.70. The summed E-state index contributed by atoms with van der Waals surface area (Å²) in [7, 11) is 0. The fourth-order valence-electron chi connectivity index (χ4n) is 2.26. The molecular formula is C15H13NO4S. The van der Waals surface area contributed by atoms with Gasteiger partial charge in [-0.15, -0.1) is 11.8 Å². The Labute approximate surface area is 125 Å². The molecule has 1 aromatic heterocycles. The second-order valence-corrected chi connectivity index (χ2v) is 5.76. The van der Waals surface area contributed by atoms with Gasteiger partial charge < -0.3 is 14.4 Å². The summed E-state index contributed by atoms with van der Waals surface area (Å²) < 4.78 is 5.30. The second-order valence-electron chi connectivity index (χ2n) is 4.69. The van der Waals surface area contributed by atoms with E-state index in [-0.39, 0.29) is 16.8 Å². The highest BCUT2D eigenvalue weighted by molar-refractivity contribution is 8.00. The van der Waals surface area contributed by atoms with E-state index in [1.54, 1.807) is 41.5 Å². The van der Waals surface area contributed by atoms with E-state index in [4.69, 9.17) is 9.52 Å². The molecule has 2 heterocycles. The molecule has 1 saturated heterocycles. The van der Waals surface area contributed by atoms with Gasteiger partial charge in [-0.05, 0) is 29.8 Å². The van der Waals surface area contributed by atoms with Crippen LogP contribution in [0, 0.1) is 0 Å². The predicted molar refractivity (Wildman–Crippen MR) is 77.9 cm³/mol. The summed E-state index contributed by atoms with van der Waals surface area (Å²) in [4.78, 5) is 24.7. The average Bonchev–Trinajstić information content (AvgIpc) is 3.11. The van der Waals surface area contributed by atoms with Gasteiger partial charge in [0.05, 0.1) is 24.1 Å². The van der Waals surface area contributed by atoms with Crippen LogP contribution in [0.4, 0.5) is 0 Å². The maximum atomic E-state index is 12.0. The number of carboxylic acid groups (broad SMARTS) is 1. The first-order valence-corrected chi connectivity index (χ1v) is 7.47. The highest BCUT2D eigenvalue weighted by Crippen LogP contribution is 2.39. The first kappa shape index (κ1) is 13.8. The normalized spacial score (nSPS) is 18.2. The lowest BCUT2D eigenvalue weighted by Crippen LogP contribution is -2.27. The molecule has 1 fully saturated rings. The van der Waals surface area contributed by atoms with Gasteiger partial charge in [0.15, 0.2) is 0 Å². The zero-order valence-corrected chi connectivity index (χ0v) is 11.9. The topological polar surface area (TPSA) is 70.8 Å². The molecule has 3 rings (SSSR count). The molecule has 108 valence electrons. The largest absolute Gasteiger partial charge is 0.478 e. The molecular weight excluding hydrogens is 290 g/mol. The number of hydrogen-bond acceptors (Lipinski definition) is 4. The second kappa shape index (κ2) is 5.65. The summed E-state index contributed by atoms with van der Waals surface area (Å²) in [6, 6.07) is 10.3. The minimum absolute atomic E-state index is 0.0590. The van der Waals surface area contributed by atoms with Crippen LogP contribution in [0.5, 0.6) is 0 Å². The highest BCUT2D eigenvalue weighted by atomic mass is 32.2. The lowest BCUT2D eigenvalue weighted by Gasteiger charge is -2.23. The third-order valence-electron chi connectivity index (χ3n) is 3.32. The molecule has 1 N–H and O–H groups in total. The lowest BCUT2D eigenvalue weighted by atomic mass is 10.1. The maximum absolute atomic E-state index is 12.0. The minimum atomic E-state index is -0.954. The number of amides is 1. The van der Waals surface area contributed by atoms with Crippen molar-refractivity contribution in [3.8, 4) is 0 Å². The van der Waals surface area contributed by atoms with Crippen molar-refractivity contribution >= 4 is 23.6 Å². The van der Waals surface area contributed by atoms with Crippen LogP contribution < -0.4 is 0 Å². The molecule has 0 bridgehead atoms. The monoisotopic (exact) mass is 303 g/mol. The van der Waals surface area contributed by atoms with Gasteiger partial charge in [-0.1, -0.05) is 12.1 Å². The Morgan fingerprint density at radius 2 is 2.10 bits per heavy atom. The Morgan fingerprint density at radius 3 is 2.71 bits per heavy atom. The van der Waals surface area contributed by atoms with Crippen molar-refractivity contribution < 1.29 is 19.1 Å². The van der Waals surface area contributed by atoms with Crippen LogP contribution in [0.25, 0.3) is 0 Å². The summed E-state index contributed by atoms with van der Waals surface area (Å²) in [5.41, 5.74) is 1.16. The Balaban J connectivity index is 1.82. The Hall–Kier alpha value is -2.21. The maximum Gasteiger partial charge on any atom is 0.335 e. The quantitative estimate of drug-likeness (QED) is 0.940. The summed E-state index contributed by atoms with van der Waals surface area (Å²) in [6.45, 7) is 0.421. The molecule has 0 radical (unpaired) electrons. The zero-order chi connectivity index (χ0) is 14.8. The van der Waals surface area contributed by atoms with Crippen LogP contribution in [0.3, 0.4) is 0 Å². The minimum Gasteiger partial charge on any atom is -0.478 e. The number of aromatic carboxylic acids is 1. The van der Waals surface area contributed by atoms with Gasteiger partial charge in [0, 0.05) is 0 Å². The highest BCUT2D eigenvalue weighted by Gasteiger charge is 2.33. The molecule has 21 heavy (non-hydrogen) atoms. The number of thioether (sulfide) groups is 1. The van der Waals surface area contributed by atoms with E-state index in [9.17, 15) is 9.59 Å². The standard InChI is InChI=1S/C15H13NO4S/c17-13-9-21-14(16(13)8-12-2-1-7-20-12)10-3-5-11(6-4-10)15(18)19/h1-7,14H,8-9H2,(H,18,19)/t14-/m0/s1. The molecule has 1 aliphatic heterocycles. The number of furan rings is 1. The predicted octanol–water partition coefficient (Wildman–Crippen LogP) is 2.75. The molecule has 1 aromatic carbocycles. The van der Waals surface area contributed by atoms with Crippen molar-refractivity contribution in [1.82, 2.24) is 4.90 Å². The van der Waals surface area contributed by atoms with Crippen molar-refractivity contribution in [2.24, 2.45) is 0 Å². The van der Waals surface area contributed by atoms with Gasteiger partial charge >= 0.3 is 5.97 Å². The third kappa shape index (κ3) is 2.80. The average molecular weight is 303 g/mol. The van der Waals surface area contributed by atoms with E-state index < -0.39 is 5.97 Å². The fourth-order valence-corrected chi connectivity index (χ4v) is 3.45. The number of rotatable bonds is 4. The van der Waals surface area contributed by atoms with E-state index in [2.05, 4.69) is 0 Å². The summed E-state index contributed by atoms with van der Waals surface area (Å²) in [5.74, 6) is 0.261. The van der Waals surface area contributed by atoms with Gasteiger partial charge in [-0.2, -0.15) is 0 Å². The van der Waals surface area contributed by atoms with Crippen LogP contribution in [0.15, 0.2) is 47.1 Å². The molecule has 0 spiro atoms. The van der Waals surface area contributed by atoms with Crippen molar-refractivity contribution in [2.75, 3.05) is 5.75 Å². The summed E-state index contributed by atoms with van der Waals surface area (Å²) in [6.07, 6.45) is 1.58. The molecule has 0 saturated carbocycles. The molecule has 1 aliphatic rings. The molecule has 0 aliphatic carbocycles. The number of benzene rings is 1. The van der Waals surface area contributed by atoms with E-state index >= 15 is 0 Å². The Morgan fingerprint density at radius 1 is 1.33 bits per heavy atom. The summed E-state index contributed by atoms with van der Waals surface area (Å²) in [5, 5.41) is 8.82. The van der Waals surface area contributed by atoms with E-state index in [1.165, 1.54) is 11.8 Å². The van der Waals surface area contributed by atoms with Crippen molar-refractivity contribution in [3.63, 3.8) is 0 Å². The first-order chi connectivity index (χ1) is 10.1. The summed E-state index contributed by atoms with van der Waals surface area (Å²) >= 11 is 1.54. The van der Waals surface area contributed by atoms with Crippen molar-refractivity contribution in [1.29, 1.82) is 0 Å². The van der Waals surface area contributed by atoms with Gasteiger partial charge in [-0.25, -0.2) is 4.79 Å². The zero-order valence-electron chi connectivity index (χ0n) is 11.1. The fraction of sp³-hybridized carbons (Fsp3) is 0.200. The number of hydrogen-bond donors (Lipinski definition) is 1. The molecule has 6 heteroatoms. The number of carbonyl (C=O) groups is 2. The van der Waals surface area contributed by atoms with Gasteiger partial charge in [0.1, 0.15) is 11.1 Å². The SMILES string of the molecule is O=C(O)c1ccc([C@@H]2SCC(=O)N2Cc2ccco2)cc1. The van der Waals surface area contributed by atoms with Crippen molar-refractivity contribution in [3.05, 3.63) is 59.5 Å². The molecule has 2 aromatic rings. The molecule has 0 unspecified atom stereocenters. The van der Waals surface area contributed by atoms with Crippen LogP contribution in [0.2, 0.25) is 0 Å². The van der Waals surface area contributed by atoms with Crippen LogP contribution >= 0.6 is 11.8 Å². The Bertz CT molecular complexity index is 651.